The number of hydrogen-bond donors (Lipinski definition) is 0. The van der Waals surface area contributed by atoms with Crippen LogP contribution < -0.4 is 0 Å². The Morgan fingerprint density at radius 3 is 2.21 bits per heavy atom. The second kappa shape index (κ2) is 6.44. The van der Waals surface area contributed by atoms with E-state index in [2.05, 4.69) is 29.7 Å². The summed E-state index contributed by atoms with van der Waals surface area (Å²) >= 11 is 5.71. The molecule has 1 aliphatic rings. The van der Waals surface area contributed by atoms with Gasteiger partial charge in [-0.25, -0.2) is 0 Å². The topological polar surface area (TPSA) is 6.48 Å². The normalized spacial score (nSPS) is 19.6. The zero-order valence-corrected chi connectivity index (χ0v) is 10.1. The number of alkyl halides is 1. The van der Waals surface area contributed by atoms with Crippen LogP contribution in [0.25, 0.3) is 0 Å². The molecule has 1 aliphatic heterocycles. The van der Waals surface area contributed by atoms with E-state index in [9.17, 15) is 0 Å². The monoisotopic (exact) mass is 216 g/mol. The van der Waals surface area contributed by atoms with Crippen molar-refractivity contribution in [2.24, 2.45) is 0 Å². The number of nitrogens with zero attached hydrogens (tertiary/aromatic N) is 2. The van der Waals surface area contributed by atoms with Gasteiger partial charge in [0.25, 0.3) is 0 Å². The zero-order chi connectivity index (χ0) is 10.4. The van der Waals surface area contributed by atoms with E-state index >= 15 is 0 Å². The van der Waals surface area contributed by atoms with Crippen molar-refractivity contribution in [1.29, 1.82) is 0 Å². The third-order valence-corrected chi connectivity index (χ3v) is 2.79. The van der Waals surface area contributed by atoms with E-state index in [1.165, 1.54) is 31.8 Å². The Bertz CT molecular complexity index is 180. The zero-order valence-electron chi connectivity index (χ0n) is 9.30. The lowest BCUT2D eigenvalue weighted by molar-refractivity contribution is 0.148. The van der Waals surface area contributed by atoms with Crippen molar-refractivity contribution in [3.8, 4) is 0 Å². The fraction of sp³-hybridized carbons (Fsp3) is 0.818. The predicted molar refractivity (Wildman–Crippen MR) is 63.0 cm³/mol. The number of halogens is 1. The van der Waals surface area contributed by atoms with Gasteiger partial charge in [-0.05, 0) is 13.8 Å². The molecule has 1 saturated heterocycles. The minimum absolute atomic E-state index is 0.758. The van der Waals surface area contributed by atoms with Crippen LogP contribution in [0, 0.1) is 0 Å². The molecule has 0 aliphatic carbocycles. The lowest BCUT2D eigenvalue weighted by Gasteiger charge is -2.33. The molecule has 3 heteroatoms. The molecule has 0 spiro atoms. The average molecular weight is 217 g/mol. The Hall–Kier alpha value is -0.0500. The van der Waals surface area contributed by atoms with Crippen LogP contribution in [0.4, 0.5) is 0 Å². The molecule has 1 fully saturated rings. The van der Waals surface area contributed by atoms with Crippen LogP contribution in [0.15, 0.2) is 11.6 Å². The minimum Gasteiger partial charge on any atom is -0.300 e. The molecule has 0 radical (unpaired) electrons. The van der Waals surface area contributed by atoms with Crippen molar-refractivity contribution >= 4 is 11.6 Å². The van der Waals surface area contributed by atoms with Gasteiger partial charge in [0.2, 0.25) is 0 Å². The molecule has 0 N–H and O–H groups in total. The average Bonchev–Trinajstić information content (AvgIpc) is 2.17. The van der Waals surface area contributed by atoms with Gasteiger partial charge in [0.05, 0.1) is 0 Å². The van der Waals surface area contributed by atoms with E-state index in [-0.39, 0.29) is 0 Å². The standard InChI is InChI=1S/C11H21ClN2/c1-11(2)3-5-13-7-9-14(6-4-12)10-8-13/h3H,4-10H2,1-2H3. The second-order valence-electron chi connectivity index (χ2n) is 4.11. The Morgan fingerprint density at radius 1 is 1.14 bits per heavy atom. The smallest absolute Gasteiger partial charge is 0.0351 e. The summed E-state index contributed by atoms with van der Waals surface area (Å²) in [5, 5.41) is 0. The van der Waals surface area contributed by atoms with E-state index < -0.39 is 0 Å². The van der Waals surface area contributed by atoms with Gasteiger partial charge in [0.1, 0.15) is 0 Å². The molecule has 0 saturated carbocycles. The van der Waals surface area contributed by atoms with Crippen molar-refractivity contribution in [3.63, 3.8) is 0 Å². The molecule has 0 unspecified atom stereocenters. The Balaban J connectivity index is 2.19. The Labute approximate surface area is 92.5 Å². The van der Waals surface area contributed by atoms with E-state index in [1.807, 2.05) is 0 Å². The van der Waals surface area contributed by atoms with Crippen molar-refractivity contribution in [2.75, 3.05) is 45.1 Å². The SMILES string of the molecule is CC(C)=CCN1CCN(CCCl)CC1. The van der Waals surface area contributed by atoms with Crippen LogP contribution in [0.5, 0.6) is 0 Å². The first-order chi connectivity index (χ1) is 6.72. The highest BCUT2D eigenvalue weighted by Gasteiger charge is 2.14. The summed E-state index contributed by atoms with van der Waals surface area (Å²) in [5.74, 6) is 0.758. The number of rotatable bonds is 4. The molecule has 0 aromatic heterocycles. The van der Waals surface area contributed by atoms with Gasteiger partial charge in [0.15, 0.2) is 0 Å². The van der Waals surface area contributed by atoms with E-state index in [0.29, 0.717) is 0 Å². The van der Waals surface area contributed by atoms with Crippen LogP contribution in [0.1, 0.15) is 13.8 Å². The number of allylic oxidation sites excluding steroid dienone is 1. The number of piperazine rings is 1. The highest BCUT2D eigenvalue weighted by Crippen LogP contribution is 2.02. The molecular weight excluding hydrogens is 196 g/mol. The molecule has 14 heavy (non-hydrogen) atoms. The minimum atomic E-state index is 0.758. The summed E-state index contributed by atoms with van der Waals surface area (Å²) in [7, 11) is 0. The van der Waals surface area contributed by atoms with Crippen molar-refractivity contribution < 1.29 is 0 Å². The number of hydrogen-bond acceptors (Lipinski definition) is 2. The molecule has 2 nitrogen and oxygen atoms in total. The third kappa shape index (κ3) is 4.45. The molecule has 82 valence electrons. The Kier molecular flexibility index (Phi) is 5.53. The summed E-state index contributed by atoms with van der Waals surface area (Å²) in [6.45, 7) is 11.2. The van der Waals surface area contributed by atoms with Gasteiger partial charge >= 0.3 is 0 Å². The van der Waals surface area contributed by atoms with Gasteiger partial charge in [-0.1, -0.05) is 11.6 Å². The van der Waals surface area contributed by atoms with Gasteiger partial charge in [-0.2, -0.15) is 0 Å². The van der Waals surface area contributed by atoms with E-state index in [1.54, 1.807) is 0 Å². The molecular formula is C11H21ClN2. The second-order valence-corrected chi connectivity index (χ2v) is 4.49. The van der Waals surface area contributed by atoms with Crippen LogP contribution in [0.3, 0.4) is 0 Å². The maximum absolute atomic E-state index is 5.71. The van der Waals surface area contributed by atoms with E-state index in [0.717, 1.165) is 19.0 Å². The van der Waals surface area contributed by atoms with Crippen LogP contribution >= 0.6 is 11.6 Å². The third-order valence-electron chi connectivity index (χ3n) is 2.62. The fourth-order valence-electron chi connectivity index (χ4n) is 1.63. The fourth-order valence-corrected chi connectivity index (χ4v) is 1.87. The van der Waals surface area contributed by atoms with Crippen LogP contribution in [-0.4, -0.2) is 54.9 Å². The summed E-state index contributed by atoms with van der Waals surface area (Å²) in [6.07, 6.45) is 2.30. The molecule has 0 amide bonds. The first-order valence-corrected chi connectivity index (χ1v) is 5.90. The summed E-state index contributed by atoms with van der Waals surface area (Å²) in [5.41, 5.74) is 1.41. The van der Waals surface area contributed by atoms with Gasteiger partial charge in [0, 0.05) is 45.1 Å². The Morgan fingerprint density at radius 2 is 1.71 bits per heavy atom. The molecule has 0 bridgehead atoms. The maximum Gasteiger partial charge on any atom is 0.0351 e. The highest BCUT2D eigenvalue weighted by molar-refractivity contribution is 6.18. The lowest BCUT2D eigenvalue weighted by atomic mass is 10.2. The lowest BCUT2D eigenvalue weighted by Crippen LogP contribution is -2.46. The quantitative estimate of drug-likeness (QED) is 0.523. The van der Waals surface area contributed by atoms with Gasteiger partial charge < -0.3 is 0 Å². The van der Waals surface area contributed by atoms with Crippen LogP contribution in [0.2, 0.25) is 0 Å². The summed E-state index contributed by atoms with van der Waals surface area (Å²) < 4.78 is 0. The van der Waals surface area contributed by atoms with Gasteiger partial charge in [-0.15, -0.1) is 11.6 Å². The van der Waals surface area contributed by atoms with Crippen molar-refractivity contribution in [2.45, 2.75) is 13.8 Å². The molecule has 0 atom stereocenters. The molecule has 0 aromatic carbocycles. The summed E-state index contributed by atoms with van der Waals surface area (Å²) in [4.78, 5) is 4.93. The van der Waals surface area contributed by atoms with Gasteiger partial charge in [-0.3, -0.25) is 9.80 Å². The van der Waals surface area contributed by atoms with Crippen molar-refractivity contribution in [3.05, 3.63) is 11.6 Å². The predicted octanol–water partition coefficient (Wildman–Crippen LogP) is 1.81. The first-order valence-electron chi connectivity index (χ1n) is 5.36. The van der Waals surface area contributed by atoms with Crippen LogP contribution in [-0.2, 0) is 0 Å². The first kappa shape index (κ1) is 12.0. The molecule has 1 rings (SSSR count). The summed E-state index contributed by atoms with van der Waals surface area (Å²) in [6, 6.07) is 0. The van der Waals surface area contributed by atoms with E-state index in [4.69, 9.17) is 11.6 Å². The van der Waals surface area contributed by atoms with Crippen molar-refractivity contribution in [1.82, 2.24) is 9.80 Å². The molecule has 1 heterocycles. The maximum atomic E-state index is 5.71. The molecule has 0 aromatic rings. The largest absolute Gasteiger partial charge is 0.300 e. The highest BCUT2D eigenvalue weighted by atomic mass is 35.5.